The van der Waals surface area contributed by atoms with Gasteiger partial charge in [-0.05, 0) is 74.3 Å². The van der Waals surface area contributed by atoms with E-state index in [0.29, 0.717) is 31.1 Å². The van der Waals surface area contributed by atoms with Crippen LogP contribution in [0.5, 0.6) is 0 Å². The maximum atomic E-state index is 12.6. The number of hydrogen-bond donors (Lipinski definition) is 3. The first-order chi connectivity index (χ1) is 17.5. The van der Waals surface area contributed by atoms with Crippen LogP contribution in [0.4, 0.5) is 10.1 Å². The molecule has 3 heterocycles. The molecular weight excluding hydrogens is 451 g/mol. The van der Waals surface area contributed by atoms with Gasteiger partial charge in [-0.1, -0.05) is 30.3 Å². The molecule has 4 atom stereocenters. The van der Waals surface area contributed by atoms with Crippen molar-refractivity contribution in [3.63, 3.8) is 0 Å². The number of aromatic nitrogens is 1. The van der Waals surface area contributed by atoms with Crippen LogP contribution in [0.25, 0.3) is 10.9 Å². The van der Waals surface area contributed by atoms with Gasteiger partial charge in [0.25, 0.3) is 0 Å². The number of halogens is 1. The molecule has 0 unspecified atom stereocenters. The third-order valence-corrected chi connectivity index (χ3v) is 9.48. The third kappa shape index (κ3) is 3.52. The zero-order valence-electron chi connectivity index (χ0n) is 21.1. The molecule has 1 saturated heterocycles. The van der Waals surface area contributed by atoms with Gasteiger partial charge in [-0.3, -0.25) is 14.2 Å². The van der Waals surface area contributed by atoms with Gasteiger partial charge in [0.2, 0.25) is 0 Å². The molecule has 0 amide bonds. The maximum absolute atomic E-state index is 12.6. The molecule has 0 radical (unpaired) electrons. The second-order valence-corrected chi connectivity index (χ2v) is 11.9. The van der Waals surface area contributed by atoms with Crippen LogP contribution in [0.15, 0.2) is 48.5 Å². The number of alkyl halides is 1. The Morgan fingerprint density at radius 2 is 1.86 bits per heavy atom. The van der Waals surface area contributed by atoms with E-state index < -0.39 is 6.10 Å². The zero-order valence-corrected chi connectivity index (χ0v) is 21.1. The lowest BCUT2D eigenvalue weighted by Gasteiger charge is -2.70. The second-order valence-electron chi connectivity index (χ2n) is 11.9. The highest BCUT2D eigenvalue weighted by Crippen LogP contribution is 2.64. The summed E-state index contributed by atoms with van der Waals surface area (Å²) in [6.45, 7) is 4.18. The predicted octanol–water partition coefficient (Wildman–Crippen LogP) is 4.87. The zero-order chi connectivity index (χ0) is 24.4. The number of anilines is 1. The molecule has 2 aliphatic heterocycles. The van der Waals surface area contributed by atoms with Gasteiger partial charge in [0.15, 0.2) is 0 Å². The molecule has 5 aliphatic rings. The van der Waals surface area contributed by atoms with E-state index >= 15 is 0 Å². The van der Waals surface area contributed by atoms with Crippen molar-refractivity contribution in [1.29, 1.82) is 0 Å². The van der Waals surface area contributed by atoms with Crippen LogP contribution >= 0.6 is 0 Å². The number of nitrogens with zero attached hydrogens (tertiary/aromatic N) is 2. The number of H-pyrrole nitrogens is 1. The lowest BCUT2D eigenvalue weighted by atomic mass is 9.48. The summed E-state index contributed by atoms with van der Waals surface area (Å²) >= 11 is 0. The number of aliphatic hydroxyl groups excluding tert-OH is 1. The van der Waals surface area contributed by atoms with Crippen molar-refractivity contribution in [2.45, 2.75) is 68.8 Å². The van der Waals surface area contributed by atoms with E-state index in [4.69, 9.17) is 0 Å². The van der Waals surface area contributed by atoms with Gasteiger partial charge in [0.05, 0.1) is 24.9 Å². The Morgan fingerprint density at radius 3 is 2.58 bits per heavy atom. The summed E-state index contributed by atoms with van der Waals surface area (Å²) in [5.41, 5.74) is 6.83. The Morgan fingerprint density at radius 1 is 1.08 bits per heavy atom. The minimum absolute atomic E-state index is 0.0252. The SMILES string of the molecule is C[C@@H]1Cc2c([nH]c3ccccc23)[C@@H](c2ccc(N[C@H]3CN(CCCF)C[C@@H]3O)cc2)N1C12CC(C1)C2. The number of nitrogens with one attached hydrogen (secondary N) is 2. The molecule has 3 aromatic rings. The van der Waals surface area contributed by atoms with E-state index in [1.165, 1.54) is 47.0 Å². The fourth-order valence-corrected chi connectivity index (χ4v) is 7.73. The number of fused-ring (bicyclic) bond motifs is 3. The van der Waals surface area contributed by atoms with Crippen LogP contribution in [-0.2, 0) is 6.42 Å². The molecular formula is C30H37FN4O. The molecule has 3 aliphatic carbocycles. The van der Waals surface area contributed by atoms with Crippen LogP contribution in [0.1, 0.15) is 55.5 Å². The van der Waals surface area contributed by atoms with Crippen molar-refractivity contribution in [1.82, 2.24) is 14.8 Å². The van der Waals surface area contributed by atoms with Gasteiger partial charge < -0.3 is 15.4 Å². The summed E-state index contributed by atoms with van der Waals surface area (Å²) in [4.78, 5) is 8.83. The van der Waals surface area contributed by atoms with Crippen molar-refractivity contribution in [2.24, 2.45) is 5.92 Å². The van der Waals surface area contributed by atoms with E-state index in [0.717, 1.165) is 24.6 Å². The average molecular weight is 489 g/mol. The van der Waals surface area contributed by atoms with Crippen LogP contribution in [0, 0.1) is 5.92 Å². The number of hydrogen-bond acceptors (Lipinski definition) is 4. The summed E-state index contributed by atoms with van der Waals surface area (Å²) in [6, 6.07) is 18.4. The Hall–Kier alpha value is -2.41. The van der Waals surface area contributed by atoms with Crippen molar-refractivity contribution in [2.75, 3.05) is 31.6 Å². The summed E-state index contributed by atoms with van der Waals surface area (Å²) < 4.78 is 12.6. The topological polar surface area (TPSA) is 54.5 Å². The Balaban J connectivity index is 1.18. The number of rotatable bonds is 7. The number of β-amino-alcohol motifs (C(OH)–C–C–N with tert-alkyl or cyclic N) is 1. The van der Waals surface area contributed by atoms with E-state index in [1.54, 1.807) is 0 Å². The highest BCUT2D eigenvalue weighted by Gasteiger charge is 2.63. The highest BCUT2D eigenvalue weighted by atomic mass is 19.1. The highest BCUT2D eigenvalue weighted by molar-refractivity contribution is 5.85. The molecule has 36 heavy (non-hydrogen) atoms. The second kappa shape index (κ2) is 8.57. The maximum Gasteiger partial charge on any atom is 0.0906 e. The van der Waals surface area contributed by atoms with Gasteiger partial charge in [-0.25, -0.2) is 0 Å². The summed E-state index contributed by atoms with van der Waals surface area (Å²) in [7, 11) is 0. The van der Waals surface area contributed by atoms with Gasteiger partial charge in [-0.2, -0.15) is 0 Å². The third-order valence-electron chi connectivity index (χ3n) is 9.48. The van der Waals surface area contributed by atoms with E-state index in [2.05, 4.69) is 75.6 Å². The molecule has 8 rings (SSSR count). The quantitative estimate of drug-likeness (QED) is 0.444. The first kappa shape index (κ1) is 22.8. The fraction of sp³-hybridized carbons (Fsp3) is 0.533. The van der Waals surface area contributed by atoms with E-state index in [1.807, 2.05) is 0 Å². The molecule has 190 valence electrons. The van der Waals surface area contributed by atoms with Gasteiger partial charge in [-0.15, -0.1) is 0 Å². The number of aromatic amines is 1. The molecule has 1 aromatic heterocycles. The first-order valence-electron chi connectivity index (χ1n) is 13.8. The average Bonchev–Trinajstić information content (AvgIpc) is 3.36. The predicted molar refractivity (Wildman–Crippen MR) is 142 cm³/mol. The van der Waals surface area contributed by atoms with Crippen LogP contribution in [0.2, 0.25) is 0 Å². The van der Waals surface area contributed by atoms with Crippen molar-refractivity contribution in [3.05, 3.63) is 65.4 Å². The van der Waals surface area contributed by atoms with Crippen LogP contribution in [0.3, 0.4) is 0 Å². The minimum Gasteiger partial charge on any atom is -0.390 e. The molecule has 2 bridgehead atoms. The molecule has 3 saturated carbocycles. The lowest BCUT2D eigenvalue weighted by molar-refractivity contribution is -0.174. The normalized spacial score (nSPS) is 33.8. The molecule has 0 spiro atoms. The van der Waals surface area contributed by atoms with Gasteiger partial charge >= 0.3 is 0 Å². The molecule has 5 nitrogen and oxygen atoms in total. The Kier molecular flexibility index (Phi) is 5.42. The minimum atomic E-state index is -0.433. The number of likely N-dealkylation sites (tertiary alicyclic amines) is 1. The van der Waals surface area contributed by atoms with Crippen molar-refractivity contribution in [3.8, 4) is 0 Å². The smallest absolute Gasteiger partial charge is 0.0906 e. The fourth-order valence-electron chi connectivity index (χ4n) is 7.73. The van der Waals surface area contributed by atoms with E-state index in [-0.39, 0.29) is 18.8 Å². The van der Waals surface area contributed by atoms with Gasteiger partial charge in [0, 0.05) is 53.5 Å². The number of aliphatic hydroxyl groups is 1. The lowest BCUT2D eigenvalue weighted by Crippen LogP contribution is -2.71. The monoisotopic (exact) mass is 488 g/mol. The van der Waals surface area contributed by atoms with Crippen molar-refractivity contribution < 1.29 is 9.50 Å². The largest absolute Gasteiger partial charge is 0.390 e. The van der Waals surface area contributed by atoms with Crippen LogP contribution < -0.4 is 5.32 Å². The van der Waals surface area contributed by atoms with Gasteiger partial charge in [0.1, 0.15) is 0 Å². The summed E-state index contributed by atoms with van der Waals surface area (Å²) in [5.74, 6) is 0.941. The molecule has 2 aromatic carbocycles. The summed E-state index contributed by atoms with van der Waals surface area (Å²) in [5, 5.41) is 15.4. The molecule has 6 heteroatoms. The van der Waals surface area contributed by atoms with Crippen molar-refractivity contribution >= 4 is 16.6 Å². The summed E-state index contributed by atoms with van der Waals surface area (Å²) in [6.07, 6.45) is 5.24. The standard InChI is InChI=1S/C30H37FN4O/c1-19-13-24-23-5-2-3-6-25(23)33-28(24)29(35(19)30-14-20(15-30)16-30)21-7-9-22(10-8-21)32-26-17-34(12-4-11-31)18-27(26)36/h2-3,5-10,19-20,26-27,29,32-33,36H,4,11-18H2,1H3/t19-,20?,26+,27+,29-,30?/m1/s1. The first-order valence-corrected chi connectivity index (χ1v) is 13.8. The van der Waals surface area contributed by atoms with Crippen LogP contribution in [-0.4, -0.2) is 69.9 Å². The molecule has 3 N–H and O–H groups in total. The number of para-hydroxylation sites is 1. The Bertz CT molecular complexity index is 1240. The number of benzene rings is 2. The molecule has 4 fully saturated rings. The van der Waals surface area contributed by atoms with E-state index in [9.17, 15) is 9.50 Å². The Labute approximate surface area is 212 Å².